The van der Waals surface area contributed by atoms with Crippen molar-refractivity contribution in [2.45, 2.75) is 13.0 Å². The molecule has 1 amide bonds. The summed E-state index contributed by atoms with van der Waals surface area (Å²) in [5, 5.41) is 6.26. The Morgan fingerprint density at radius 2 is 2.18 bits per heavy atom. The molecule has 0 aliphatic heterocycles. The predicted molar refractivity (Wildman–Crippen MR) is 68.5 cm³/mol. The van der Waals surface area contributed by atoms with Crippen molar-refractivity contribution in [2.75, 3.05) is 20.7 Å². The van der Waals surface area contributed by atoms with Gasteiger partial charge in [0, 0.05) is 23.7 Å². The maximum Gasteiger partial charge on any atom is 0.257 e. The number of amides is 1. The third-order valence-corrected chi connectivity index (χ3v) is 2.74. The highest BCUT2D eigenvalue weighted by Gasteiger charge is 2.11. The number of likely N-dealkylation sites (N-methyl/N-ethyl adjacent to an activating group) is 1. The van der Waals surface area contributed by atoms with Crippen LogP contribution in [0, 0.1) is 0 Å². The highest BCUT2D eigenvalue weighted by Crippen LogP contribution is 2.28. The molecule has 0 bridgehead atoms. The number of benzene rings is 1. The van der Waals surface area contributed by atoms with Crippen molar-refractivity contribution in [2.24, 2.45) is 0 Å². The van der Waals surface area contributed by atoms with Crippen LogP contribution < -0.4 is 15.4 Å². The average Bonchev–Trinajstić information content (AvgIpc) is 2.35. The summed E-state index contributed by atoms with van der Waals surface area (Å²) in [4.78, 5) is 11.1. The number of carbonyl (C=O) groups excluding carboxylic acids is 1. The van der Waals surface area contributed by atoms with Crippen molar-refractivity contribution in [1.82, 2.24) is 10.6 Å². The monoisotopic (exact) mass is 256 g/mol. The fourth-order valence-electron chi connectivity index (χ4n) is 1.36. The van der Waals surface area contributed by atoms with E-state index < -0.39 is 0 Å². The van der Waals surface area contributed by atoms with Gasteiger partial charge in [-0.2, -0.15) is 0 Å². The van der Waals surface area contributed by atoms with Gasteiger partial charge < -0.3 is 15.4 Å². The van der Waals surface area contributed by atoms with E-state index >= 15 is 0 Å². The van der Waals surface area contributed by atoms with E-state index in [1.807, 2.05) is 20.0 Å². The van der Waals surface area contributed by atoms with Gasteiger partial charge in [-0.1, -0.05) is 11.6 Å². The van der Waals surface area contributed by atoms with E-state index in [2.05, 4.69) is 10.6 Å². The largest absolute Gasteiger partial charge is 0.483 e. The van der Waals surface area contributed by atoms with E-state index in [1.165, 1.54) is 0 Å². The van der Waals surface area contributed by atoms with Gasteiger partial charge in [0.05, 0.1) is 0 Å². The number of nitrogens with one attached hydrogen (secondary N) is 2. The van der Waals surface area contributed by atoms with E-state index in [9.17, 15) is 4.79 Å². The molecule has 5 heteroatoms. The summed E-state index contributed by atoms with van der Waals surface area (Å²) in [6, 6.07) is 5.46. The third kappa shape index (κ3) is 3.91. The van der Waals surface area contributed by atoms with Gasteiger partial charge >= 0.3 is 0 Å². The second-order valence-corrected chi connectivity index (χ2v) is 4.09. The van der Waals surface area contributed by atoms with Crippen LogP contribution in [0.1, 0.15) is 18.5 Å². The lowest BCUT2D eigenvalue weighted by atomic mass is 10.1. The molecule has 0 saturated heterocycles. The first-order valence-corrected chi connectivity index (χ1v) is 5.76. The van der Waals surface area contributed by atoms with Crippen LogP contribution in [-0.2, 0) is 4.79 Å². The Morgan fingerprint density at radius 3 is 2.76 bits per heavy atom. The van der Waals surface area contributed by atoms with Crippen LogP contribution in [0.25, 0.3) is 0 Å². The SMILES string of the molecule is CNC(=O)COc1ccc(Cl)cc1C(C)NC. The average molecular weight is 257 g/mol. The standard InChI is InChI=1S/C12H17ClN2O2/c1-8(14-2)10-6-9(13)4-5-11(10)17-7-12(16)15-3/h4-6,8,14H,7H2,1-3H3,(H,15,16). The fraction of sp³-hybridized carbons (Fsp3) is 0.417. The lowest BCUT2D eigenvalue weighted by Crippen LogP contribution is -2.25. The molecule has 0 aliphatic rings. The first-order valence-electron chi connectivity index (χ1n) is 5.38. The second kappa shape index (κ2) is 6.47. The number of carbonyl (C=O) groups is 1. The number of hydrogen-bond donors (Lipinski definition) is 2. The van der Waals surface area contributed by atoms with Gasteiger partial charge in [-0.25, -0.2) is 0 Å². The molecule has 94 valence electrons. The summed E-state index contributed by atoms with van der Waals surface area (Å²) < 4.78 is 5.46. The number of hydrogen-bond acceptors (Lipinski definition) is 3. The second-order valence-electron chi connectivity index (χ2n) is 3.65. The Balaban J connectivity index is 2.86. The van der Waals surface area contributed by atoms with Crippen LogP contribution in [-0.4, -0.2) is 26.6 Å². The topological polar surface area (TPSA) is 50.4 Å². The molecule has 0 saturated carbocycles. The van der Waals surface area contributed by atoms with Gasteiger partial charge in [0.15, 0.2) is 6.61 Å². The van der Waals surface area contributed by atoms with E-state index in [1.54, 1.807) is 19.2 Å². The molecule has 1 aromatic carbocycles. The highest BCUT2D eigenvalue weighted by molar-refractivity contribution is 6.30. The van der Waals surface area contributed by atoms with Crippen molar-refractivity contribution < 1.29 is 9.53 Å². The van der Waals surface area contributed by atoms with Crippen molar-refractivity contribution in [1.29, 1.82) is 0 Å². The summed E-state index contributed by atoms with van der Waals surface area (Å²) in [6.45, 7) is 2.00. The van der Waals surface area contributed by atoms with Gasteiger partial charge in [0.25, 0.3) is 5.91 Å². The van der Waals surface area contributed by atoms with Gasteiger partial charge in [-0.15, -0.1) is 0 Å². The van der Waals surface area contributed by atoms with Crippen LogP contribution in [0.4, 0.5) is 0 Å². The van der Waals surface area contributed by atoms with Crippen LogP contribution in [0.15, 0.2) is 18.2 Å². The molecule has 1 unspecified atom stereocenters. The Morgan fingerprint density at radius 1 is 1.47 bits per heavy atom. The zero-order chi connectivity index (χ0) is 12.8. The Labute approximate surface area is 106 Å². The summed E-state index contributed by atoms with van der Waals surface area (Å²) >= 11 is 5.95. The molecule has 2 N–H and O–H groups in total. The maximum absolute atomic E-state index is 11.1. The smallest absolute Gasteiger partial charge is 0.257 e. The zero-order valence-corrected chi connectivity index (χ0v) is 11.0. The molecule has 1 atom stereocenters. The van der Waals surface area contributed by atoms with E-state index in [-0.39, 0.29) is 18.6 Å². The number of halogens is 1. The lowest BCUT2D eigenvalue weighted by Gasteiger charge is -2.16. The van der Waals surface area contributed by atoms with Gasteiger partial charge in [-0.3, -0.25) is 4.79 Å². The van der Waals surface area contributed by atoms with Gasteiger partial charge in [0.2, 0.25) is 0 Å². The van der Waals surface area contributed by atoms with Gasteiger partial charge in [-0.05, 0) is 32.2 Å². The van der Waals surface area contributed by atoms with Gasteiger partial charge in [0.1, 0.15) is 5.75 Å². The van der Waals surface area contributed by atoms with Crippen LogP contribution >= 0.6 is 11.6 Å². The predicted octanol–water partition coefficient (Wildman–Crippen LogP) is 1.75. The van der Waals surface area contributed by atoms with Crippen molar-refractivity contribution in [3.8, 4) is 5.75 Å². The van der Waals surface area contributed by atoms with Crippen LogP contribution in [0.3, 0.4) is 0 Å². The Hall–Kier alpha value is -1.26. The molecule has 1 aromatic rings. The Kier molecular flexibility index (Phi) is 5.25. The number of rotatable bonds is 5. The molecule has 0 heterocycles. The molecule has 0 radical (unpaired) electrons. The quantitative estimate of drug-likeness (QED) is 0.844. The molecule has 17 heavy (non-hydrogen) atoms. The summed E-state index contributed by atoms with van der Waals surface area (Å²) in [6.07, 6.45) is 0. The third-order valence-electron chi connectivity index (χ3n) is 2.51. The molecule has 0 spiro atoms. The minimum atomic E-state index is -0.164. The van der Waals surface area contributed by atoms with Crippen molar-refractivity contribution >= 4 is 17.5 Å². The molecule has 4 nitrogen and oxygen atoms in total. The zero-order valence-electron chi connectivity index (χ0n) is 10.2. The fourth-order valence-corrected chi connectivity index (χ4v) is 1.54. The first-order chi connectivity index (χ1) is 8.08. The number of ether oxygens (including phenoxy) is 1. The van der Waals surface area contributed by atoms with Crippen LogP contribution in [0.2, 0.25) is 5.02 Å². The molecular weight excluding hydrogens is 240 g/mol. The first kappa shape index (κ1) is 13.8. The van der Waals surface area contributed by atoms with Crippen LogP contribution in [0.5, 0.6) is 5.75 Å². The lowest BCUT2D eigenvalue weighted by molar-refractivity contribution is -0.122. The highest BCUT2D eigenvalue weighted by atomic mass is 35.5. The molecule has 0 fully saturated rings. The summed E-state index contributed by atoms with van der Waals surface area (Å²) in [5.41, 5.74) is 0.934. The summed E-state index contributed by atoms with van der Waals surface area (Å²) in [5.74, 6) is 0.503. The molecule has 0 aromatic heterocycles. The van der Waals surface area contributed by atoms with E-state index in [0.717, 1.165) is 5.56 Å². The molecule has 0 aliphatic carbocycles. The minimum absolute atomic E-state index is 0.00155. The van der Waals surface area contributed by atoms with E-state index in [0.29, 0.717) is 10.8 Å². The summed E-state index contributed by atoms with van der Waals surface area (Å²) in [7, 11) is 3.43. The van der Waals surface area contributed by atoms with Crippen molar-refractivity contribution in [3.05, 3.63) is 28.8 Å². The normalized spacial score (nSPS) is 12.0. The molecular formula is C12H17ClN2O2. The van der Waals surface area contributed by atoms with E-state index in [4.69, 9.17) is 16.3 Å². The molecule has 1 rings (SSSR count). The van der Waals surface area contributed by atoms with Crippen molar-refractivity contribution in [3.63, 3.8) is 0 Å². The maximum atomic E-state index is 11.1. The minimum Gasteiger partial charge on any atom is -0.483 e. The Bertz CT molecular complexity index is 396.